The van der Waals surface area contributed by atoms with E-state index < -0.39 is 0 Å². The molecule has 3 nitrogen and oxygen atoms in total. The Balaban J connectivity index is 2.17. The highest BCUT2D eigenvalue weighted by Gasteiger charge is 2.40. The van der Waals surface area contributed by atoms with E-state index >= 15 is 0 Å². The molecule has 1 aliphatic rings. The van der Waals surface area contributed by atoms with Crippen molar-refractivity contribution in [3.05, 3.63) is 23.4 Å². The molecule has 118 valence electrons. The SMILES string of the molecule is CCCc1cc(CCl)cc(N(C)CC2(N(C)C)CCC2)n1. The molecule has 21 heavy (non-hydrogen) atoms. The van der Waals surface area contributed by atoms with E-state index in [0.717, 1.165) is 30.9 Å². The van der Waals surface area contributed by atoms with Gasteiger partial charge in [-0.25, -0.2) is 4.98 Å². The summed E-state index contributed by atoms with van der Waals surface area (Å²) in [7, 11) is 6.54. The maximum Gasteiger partial charge on any atom is 0.128 e. The Morgan fingerprint density at radius 3 is 2.43 bits per heavy atom. The molecule has 1 fully saturated rings. The number of nitrogens with zero attached hydrogens (tertiary/aromatic N) is 3. The van der Waals surface area contributed by atoms with Crippen molar-refractivity contribution >= 4 is 17.4 Å². The van der Waals surface area contributed by atoms with Crippen molar-refractivity contribution in [3.8, 4) is 0 Å². The van der Waals surface area contributed by atoms with Crippen molar-refractivity contribution in [2.75, 3.05) is 32.6 Å². The van der Waals surface area contributed by atoms with Crippen LogP contribution < -0.4 is 4.90 Å². The lowest BCUT2D eigenvalue weighted by atomic mass is 9.75. The van der Waals surface area contributed by atoms with Crippen LogP contribution in [0.1, 0.15) is 43.9 Å². The molecule has 1 aliphatic carbocycles. The van der Waals surface area contributed by atoms with Gasteiger partial charge in [0.1, 0.15) is 5.82 Å². The summed E-state index contributed by atoms with van der Waals surface area (Å²) < 4.78 is 0. The van der Waals surface area contributed by atoms with Gasteiger partial charge in [0.25, 0.3) is 0 Å². The minimum Gasteiger partial charge on any atom is -0.358 e. The van der Waals surface area contributed by atoms with E-state index in [1.54, 1.807) is 0 Å². The van der Waals surface area contributed by atoms with Gasteiger partial charge >= 0.3 is 0 Å². The summed E-state index contributed by atoms with van der Waals surface area (Å²) >= 11 is 6.04. The van der Waals surface area contributed by atoms with Crippen molar-refractivity contribution in [1.29, 1.82) is 0 Å². The highest BCUT2D eigenvalue weighted by atomic mass is 35.5. The molecule has 0 atom stereocenters. The molecule has 4 heteroatoms. The average molecular weight is 310 g/mol. The van der Waals surface area contributed by atoms with Gasteiger partial charge in [0.05, 0.1) is 0 Å². The lowest BCUT2D eigenvalue weighted by Crippen LogP contribution is -2.56. The zero-order valence-electron chi connectivity index (χ0n) is 13.8. The number of likely N-dealkylation sites (N-methyl/N-ethyl adjacent to an activating group) is 2. The summed E-state index contributed by atoms with van der Waals surface area (Å²) in [5.41, 5.74) is 2.65. The van der Waals surface area contributed by atoms with Gasteiger partial charge in [0.2, 0.25) is 0 Å². The van der Waals surface area contributed by atoms with Crippen LogP contribution in [0.3, 0.4) is 0 Å². The van der Waals surface area contributed by atoms with E-state index in [2.05, 4.69) is 50.0 Å². The first-order valence-corrected chi connectivity index (χ1v) is 8.48. The highest BCUT2D eigenvalue weighted by Crippen LogP contribution is 2.37. The molecule has 0 amide bonds. The molecule has 0 unspecified atom stereocenters. The molecule has 0 bridgehead atoms. The van der Waals surface area contributed by atoms with E-state index in [9.17, 15) is 0 Å². The van der Waals surface area contributed by atoms with Crippen molar-refractivity contribution in [3.63, 3.8) is 0 Å². The fourth-order valence-electron chi connectivity index (χ4n) is 3.14. The normalized spacial score (nSPS) is 16.9. The van der Waals surface area contributed by atoms with Crippen LogP contribution in [0.15, 0.2) is 12.1 Å². The van der Waals surface area contributed by atoms with E-state index in [4.69, 9.17) is 16.6 Å². The number of anilines is 1. The van der Waals surface area contributed by atoms with Crippen LogP contribution >= 0.6 is 11.6 Å². The molecule has 0 aliphatic heterocycles. The van der Waals surface area contributed by atoms with E-state index in [-0.39, 0.29) is 0 Å². The van der Waals surface area contributed by atoms with E-state index in [0.29, 0.717) is 11.4 Å². The van der Waals surface area contributed by atoms with Crippen molar-refractivity contribution < 1.29 is 0 Å². The molecule has 1 heterocycles. The molecule has 1 aromatic rings. The van der Waals surface area contributed by atoms with Crippen molar-refractivity contribution in [2.45, 2.75) is 50.4 Å². The monoisotopic (exact) mass is 309 g/mol. The summed E-state index contributed by atoms with van der Waals surface area (Å²) in [4.78, 5) is 9.50. The number of halogens is 1. The van der Waals surface area contributed by atoms with Gasteiger partial charge in [-0.2, -0.15) is 0 Å². The number of aryl methyl sites for hydroxylation is 1. The molecule has 0 spiro atoms. The Morgan fingerprint density at radius 2 is 1.95 bits per heavy atom. The Hall–Kier alpha value is -0.800. The molecular formula is C17H28ClN3. The van der Waals surface area contributed by atoms with Crippen LogP contribution in [-0.4, -0.2) is 43.1 Å². The minimum absolute atomic E-state index is 0.318. The van der Waals surface area contributed by atoms with Crippen LogP contribution in [0, 0.1) is 0 Å². The van der Waals surface area contributed by atoms with Gasteiger partial charge in [-0.05, 0) is 57.5 Å². The first kappa shape index (κ1) is 16.6. The van der Waals surface area contributed by atoms with Crippen LogP contribution in [-0.2, 0) is 12.3 Å². The van der Waals surface area contributed by atoms with Gasteiger partial charge < -0.3 is 9.80 Å². The lowest BCUT2D eigenvalue weighted by molar-refractivity contribution is 0.0682. The van der Waals surface area contributed by atoms with Gasteiger partial charge in [0.15, 0.2) is 0 Å². The van der Waals surface area contributed by atoms with Gasteiger partial charge in [0, 0.05) is 30.7 Å². The maximum absolute atomic E-state index is 6.04. The molecule has 0 radical (unpaired) electrons. The van der Waals surface area contributed by atoms with Gasteiger partial charge in [-0.15, -0.1) is 11.6 Å². The maximum atomic E-state index is 6.04. The summed E-state index contributed by atoms with van der Waals surface area (Å²) in [6.07, 6.45) is 6.03. The first-order valence-electron chi connectivity index (χ1n) is 7.95. The smallest absolute Gasteiger partial charge is 0.128 e. The van der Waals surface area contributed by atoms with Crippen LogP contribution in [0.4, 0.5) is 5.82 Å². The second-order valence-corrected chi connectivity index (χ2v) is 6.80. The molecule has 1 aromatic heterocycles. The minimum atomic E-state index is 0.318. The number of alkyl halides is 1. The topological polar surface area (TPSA) is 19.4 Å². The third kappa shape index (κ3) is 3.70. The fraction of sp³-hybridized carbons (Fsp3) is 0.706. The number of pyridine rings is 1. The van der Waals surface area contributed by atoms with Gasteiger partial charge in [-0.1, -0.05) is 13.3 Å². The first-order chi connectivity index (χ1) is 10.0. The number of aromatic nitrogens is 1. The molecule has 0 saturated heterocycles. The van der Waals surface area contributed by atoms with Crippen LogP contribution in [0.5, 0.6) is 0 Å². The third-order valence-electron chi connectivity index (χ3n) is 4.74. The molecular weight excluding hydrogens is 282 g/mol. The lowest BCUT2D eigenvalue weighted by Gasteiger charge is -2.49. The summed E-state index contributed by atoms with van der Waals surface area (Å²) in [6.45, 7) is 3.22. The van der Waals surface area contributed by atoms with Crippen molar-refractivity contribution in [1.82, 2.24) is 9.88 Å². The van der Waals surface area contributed by atoms with Gasteiger partial charge in [-0.3, -0.25) is 0 Å². The fourth-order valence-corrected chi connectivity index (χ4v) is 3.30. The zero-order chi connectivity index (χ0) is 15.5. The Labute approximate surface area is 134 Å². The quantitative estimate of drug-likeness (QED) is 0.716. The Morgan fingerprint density at radius 1 is 1.24 bits per heavy atom. The zero-order valence-corrected chi connectivity index (χ0v) is 14.6. The summed E-state index contributed by atoms with van der Waals surface area (Å²) in [5, 5.41) is 0. The molecule has 1 saturated carbocycles. The van der Waals surface area contributed by atoms with Crippen molar-refractivity contribution in [2.24, 2.45) is 0 Å². The predicted molar refractivity (Wildman–Crippen MR) is 91.3 cm³/mol. The van der Waals surface area contributed by atoms with Crippen LogP contribution in [0.2, 0.25) is 0 Å². The molecule has 2 rings (SSSR count). The van der Waals surface area contributed by atoms with E-state index in [1.807, 2.05) is 0 Å². The molecule has 0 N–H and O–H groups in total. The Bertz CT molecular complexity index is 469. The summed E-state index contributed by atoms with van der Waals surface area (Å²) in [6, 6.07) is 4.27. The standard InChI is InChI=1S/C17H28ClN3/c1-5-7-15-10-14(12-18)11-16(19-15)21(4)13-17(20(2)3)8-6-9-17/h10-11H,5-9,12-13H2,1-4H3. The number of hydrogen-bond donors (Lipinski definition) is 0. The average Bonchev–Trinajstić information content (AvgIpc) is 2.42. The van der Waals surface area contributed by atoms with Crippen LogP contribution in [0.25, 0.3) is 0 Å². The molecule has 0 aromatic carbocycles. The van der Waals surface area contributed by atoms with E-state index in [1.165, 1.54) is 24.8 Å². The number of rotatable bonds is 7. The predicted octanol–water partition coefficient (Wildman–Crippen LogP) is 3.69. The third-order valence-corrected chi connectivity index (χ3v) is 5.05. The summed E-state index contributed by atoms with van der Waals surface area (Å²) in [5.74, 6) is 1.61. The Kier molecular flexibility index (Phi) is 5.50. The number of hydrogen-bond acceptors (Lipinski definition) is 3. The second-order valence-electron chi connectivity index (χ2n) is 6.54. The highest BCUT2D eigenvalue weighted by molar-refractivity contribution is 6.17. The second kappa shape index (κ2) is 6.97. The largest absolute Gasteiger partial charge is 0.358 e.